The molecule has 0 unspecified atom stereocenters. The van der Waals surface area contributed by atoms with Crippen LogP contribution in [-0.4, -0.2) is 29.3 Å². The molecule has 0 fully saturated rings. The van der Waals surface area contributed by atoms with E-state index in [0.717, 1.165) is 0 Å². The Hall–Kier alpha value is -2.60. The molecule has 0 aliphatic heterocycles. The first kappa shape index (κ1) is 14.8. The van der Waals surface area contributed by atoms with Gasteiger partial charge in [-0.25, -0.2) is 5.43 Å². The van der Waals surface area contributed by atoms with Crippen LogP contribution in [0.15, 0.2) is 41.8 Å². The number of nitrogens with one attached hydrogen (secondary N) is 1. The fourth-order valence-corrected chi connectivity index (χ4v) is 1.76. The van der Waals surface area contributed by atoms with Gasteiger partial charge in [-0.3, -0.25) is 9.78 Å². The molecule has 6 nitrogen and oxygen atoms in total. The fraction of sp³-hybridized carbons (Fsp3) is 0.0714. The summed E-state index contributed by atoms with van der Waals surface area (Å²) in [5, 5.41) is 13.6. The van der Waals surface area contributed by atoms with Gasteiger partial charge in [-0.15, -0.1) is 0 Å². The summed E-state index contributed by atoms with van der Waals surface area (Å²) < 4.78 is 4.93. The van der Waals surface area contributed by atoms with Crippen molar-refractivity contribution in [1.82, 2.24) is 10.4 Å². The van der Waals surface area contributed by atoms with Gasteiger partial charge in [-0.1, -0.05) is 11.6 Å². The molecule has 1 amide bonds. The maximum Gasteiger partial charge on any atom is 0.271 e. The second-order valence-corrected chi connectivity index (χ2v) is 4.33. The maximum absolute atomic E-state index is 11.7. The van der Waals surface area contributed by atoms with Gasteiger partial charge >= 0.3 is 0 Å². The number of rotatable bonds is 4. The lowest BCUT2D eigenvalue weighted by molar-refractivity contribution is 0.0955. The van der Waals surface area contributed by atoms with Crippen molar-refractivity contribution in [2.75, 3.05) is 7.11 Å². The number of phenolic OH excluding ortho intramolecular Hbond substituents is 1. The summed E-state index contributed by atoms with van der Waals surface area (Å²) in [6.07, 6.45) is 4.36. The molecule has 0 aliphatic rings. The quantitative estimate of drug-likeness (QED) is 0.670. The van der Waals surface area contributed by atoms with Gasteiger partial charge < -0.3 is 9.84 Å². The van der Waals surface area contributed by atoms with Crippen molar-refractivity contribution >= 4 is 23.7 Å². The molecule has 2 rings (SSSR count). The predicted octanol–water partition coefficient (Wildman–Crippen LogP) is 2.21. The van der Waals surface area contributed by atoms with Crippen LogP contribution >= 0.6 is 11.6 Å². The number of ether oxygens (including phenoxy) is 1. The van der Waals surface area contributed by atoms with E-state index >= 15 is 0 Å². The molecule has 0 spiro atoms. The van der Waals surface area contributed by atoms with Crippen LogP contribution in [0, 0.1) is 0 Å². The zero-order valence-corrected chi connectivity index (χ0v) is 11.8. The zero-order chi connectivity index (χ0) is 15.2. The summed E-state index contributed by atoms with van der Waals surface area (Å²) in [4.78, 5) is 15.5. The predicted molar refractivity (Wildman–Crippen MR) is 79.0 cm³/mol. The monoisotopic (exact) mass is 305 g/mol. The van der Waals surface area contributed by atoms with Crippen LogP contribution in [0.2, 0.25) is 5.02 Å². The molecule has 2 aromatic rings. The number of hydrazone groups is 1. The normalized spacial score (nSPS) is 10.6. The SMILES string of the molecule is COc1ccc(/C=N\NC(=O)c2ccncc2)c(Cl)c1O. The van der Waals surface area contributed by atoms with Crippen LogP contribution < -0.4 is 10.2 Å². The van der Waals surface area contributed by atoms with Gasteiger partial charge in [0.15, 0.2) is 11.5 Å². The number of nitrogens with zero attached hydrogens (tertiary/aromatic N) is 2. The van der Waals surface area contributed by atoms with Gasteiger partial charge in [-0.05, 0) is 24.3 Å². The Bertz CT molecular complexity index is 675. The molecule has 0 radical (unpaired) electrons. The second-order valence-electron chi connectivity index (χ2n) is 3.95. The summed E-state index contributed by atoms with van der Waals surface area (Å²) in [5.41, 5.74) is 3.24. The molecule has 0 bridgehead atoms. The van der Waals surface area contributed by atoms with Crippen molar-refractivity contribution in [3.05, 3.63) is 52.8 Å². The number of aromatic nitrogens is 1. The lowest BCUT2D eigenvalue weighted by Gasteiger charge is -2.06. The van der Waals surface area contributed by atoms with Crippen LogP contribution in [0.1, 0.15) is 15.9 Å². The summed E-state index contributed by atoms with van der Waals surface area (Å²) in [6.45, 7) is 0. The van der Waals surface area contributed by atoms with E-state index in [0.29, 0.717) is 11.1 Å². The van der Waals surface area contributed by atoms with Crippen LogP contribution in [-0.2, 0) is 0 Å². The number of phenols is 1. The number of amides is 1. The van der Waals surface area contributed by atoms with Crippen molar-refractivity contribution in [2.24, 2.45) is 5.10 Å². The fourth-order valence-electron chi connectivity index (χ4n) is 1.56. The first-order valence-corrected chi connectivity index (χ1v) is 6.30. The van der Waals surface area contributed by atoms with Gasteiger partial charge in [0.2, 0.25) is 0 Å². The van der Waals surface area contributed by atoms with Crippen molar-refractivity contribution in [3.8, 4) is 11.5 Å². The Morgan fingerprint density at radius 1 is 1.38 bits per heavy atom. The number of pyridine rings is 1. The topological polar surface area (TPSA) is 83.8 Å². The number of methoxy groups -OCH3 is 1. The van der Waals surface area contributed by atoms with Crippen LogP contribution in [0.25, 0.3) is 0 Å². The molecular weight excluding hydrogens is 294 g/mol. The van der Waals surface area contributed by atoms with Crippen molar-refractivity contribution in [2.45, 2.75) is 0 Å². The van der Waals surface area contributed by atoms with E-state index in [1.54, 1.807) is 24.3 Å². The van der Waals surface area contributed by atoms with Crippen molar-refractivity contribution in [1.29, 1.82) is 0 Å². The third kappa shape index (κ3) is 3.49. The van der Waals surface area contributed by atoms with E-state index in [1.165, 1.54) is 25.7 Å². The van der Waals surface area contributed by atoms with Crippen LogP contribution in [0.3, 0.4) is 0 Å². The Morgan fingerprint density at radius 2 is 2.10 bits per heavy atom. The minimum absolute atomic E-state index is 0.0938. The molecule has 21 heavy (non-hydrogen) atoms. The van der Waals surface area contributed by atoms with Gasteiger partial charge in [0.05, 0.1) is 18.3 Å². The third-order valence-corrected chi connectivity index (χ3v) is 3.04. The summed E-state index contributed by atoms with van der Waals surface area (Å²) in [7, 11) is 1.42. The summed E-state index contributed by atoms with van der Waals surface area (Å²) in [5.74, 6) is -0.288. The number of benzene rings is 1. The number of aromatic hydroxyl groups is 1. The Labute approximate surface area is 126 Å². The molecule has 7 heteroatoms. The van der Waals surface area contributed by atoms with E-state index in [9.17, 15) is 9.90 Å². The number of hydrogen-bond acceptors (Lipinski definition) is 5. The van der Waals surface area contributed by atoms with E-state index in [2.05, 4.69) is 15.5 Å². The molecule has 0 atom stereocenters. The van der Waals surface area contributed by atoms with E-state index < -0.39 is 0 Å². The molecule has 1 heterocycles. The standard InChI is InChI=1S/C14H12ClN3O3/c1-21-11-3-2-10(12(15)13(11)19)8-17-18-14(20)9-4-6-16-7-5-9/h2-8,19H,1H3,(H,18,20)/b17-8-. The molecule has 1 aromatic heterocycles. The minimum atomic E-state index is -0.373. The van der Waals surface area contributed by atoms with Crippen LogP contribution in [0.4, 0.5) is 0 Å². The molecule has 2 N–H and O–H groups in total. The Balaban J connectivity index is 2.09. The molecule has 108 valence electrons. The molecule has 0 saturated heterocycles. The summed E-state index contributed by atoms with van der Waals surface area (Å²) >= 11 is 5.97. The highest BCUT2D eigenvalue weighted by molar-refractivity contribution is 6.34. The number of hydrogen-bond donors (Lipinski definition) is 2. The Kier molecular flexibility index (Phi) is 4.73. The molecular formula is C14H12ClN3O3. The van der Waals surface area contributed by atoms with Gasteiger partial charge in [0.1, 0.15) is 0 Å². The molecule has 0 aliphatic carbocycles. The van der Waals surface area contributed by atoms with E-state index in [-0.39, 0.29) is 22.4 Å². The highest BCUT2D eigenvalue weighted by atomic mass is 35.5. The number of halogens is 1. The van der Waals surface area contributed by atoms with Crippen molar-refractivity contribution in [3.63, 3.8) is 0 Å². The average Bonchev–Trinajstić information content (AvgIpc) is 2.52. The Morgan fingerprint density at radius 3 is 2.76 bits per heavy atom. The molecule has 0 saturated carbocycles. The first-order valence-electron chi connectivity index (χ1n) is 5.92. The number of carbonyl (C=O) groups is 1. The largest absolute Gasteiger partial charge is 0.503 e. The first-order chi connectivity index (χ1) is 10.1. The highest BCUT2D eigenvalue weighted by Crippen LogP contribution is 2.35. The van der Waals surface area contributed by atoms with Gasteiger partial charge in [-0.2, -0.15) is 5.10 Å². The molecule has 1 aromatic carbocycles. The lowest BCUT2D eigenvalue weighted by atomic mass is 10.2. The maximum atomic E-state index is 11.7. The minimum Gasteiger partial charge on any atom is -0.503 e. The smallest absolute Gasteiger partial charge is 0.271 e. The summed E-state index contributed by atoms with van der Waals surface area (Å²) in [6, 6.07) is 6.30. The average molecular weight is 306 g/mol. The second kappa shape index (κ2) is 6.71. The van der Waals surface area contributed by atoms with E-state index in [4.69, 9.17) is 16.3 Å². The van der Waals surface area contributed by atoms with Gasteiger partial charge in [0.25, 0.3) is 5.91 Å². The highest BCUT2D eigenvalue weighted by Gasteiger charge is 2.10. The zero-order valence-electron chi connectivity index (χ0n) is 11.1. The van der Waals surface area contributed by atoms with Crippen molar-refractivity contribution < 1.29 is 14.6 Å². The lowest BCUT2D eigenvalue weighted by Crippen LogP contribution is -2.17. The van der Waals surface area contributed by atoms with Gasteiger partial charge in [0, 0.05) is 23.5 Å². The van der Waals surface area contributed by atoms with E-state index in [1.807, 2.05) is 0 Å². The van der Waals surface area contributed by atoms with Crippen LogP contribution in [0.5, 0.6) is 11.5 Å². The number of carbonyl (C=O) groups excluding carboxylic acids is 1. The third-order valence-electron chi connectivity index (χ3n) is 2.64.